The van der Waals surface area contributed by atoms with Gasteiger partial charge in [-0.3, -0.25) is 0 Å². The quantitative estimate of drug-likeness (QED) is 0.340. The van der Waals surface area contributed by atoms with Gasteiger partial charge in [-0.2, -0.15) is 0 Å². The van der Waals surface area contributed by atoms with Gasteiger partial charge in [0.25, 0.3) is 0 Å². The lowest BCUT2D eigenvalue weighted by Gasteiger charge is -2.13. The van der Waals surface area contributed by atoms with Crippen molar-refractivity contribution in [3.05, 3.63) is 102 Å². The summed E-state index contributed by atoms with van der Waals surface area (Å²) in [6, 6.07) is 10.2. The highest BCUT2D eigenvalue weighted by atomic mass is 35.5. The highest BCUT2D eigenvalue weighted by Gasteiger charge is 2.08. The third kappa shape index (κ3) is 14.8. The van der Waals surface area contributed by atoms with Gasteiger partial charge in [-0.1, -0.05) is 111 Å². The third-order valence-corrected chi connectivity index (χ3v) is 4.20. The number of rotatable bonds is 7. The summed E-state index contributed by atoms with van der Waals surface area (Å²) < 4.78 is 0. The van der Waals surface area contributed by atoms with Crippen LogP contribution in [0.5, 0.6) is 0 Å². The fourth-order valence-electron chi connectivity index (χ4n) is 2.21. The fourth-order valence-corrected chi connectivity index (χ4v) is 2.35. The maximum Gasteiger partial charge on any atom is 0.0696 e. The van der Waals surface area contributed by atoms with E-state index >= 15 is 0 Å². The molecule has 0 aliphatic rings. The monoisotopic (exact) mass is 428 g/mol. The Labute approximate surface area is 190 Å². The summed E-state index contributed by atoms with van der Waals surface area (Å²) in [5.74, 6) is 0.490. The standard InChI is InChI=1S/C17H21ClO.C8H12.C3H8/c1-4-15(11-10-14(3)19)17(13(2)12-18)16-8-6-5-7-9-16;1-4-6-7-8(3)5-2;1-3-2/h4-11,14,19H,12H2,1-3H3;4-7H,1H2,2-3H3;3H2,1-2H3/b11-10-,15-4+,17-13-;7-6-,8-5-;. The maximum atomic E-state index is 9.39. The zero-order valence-corrected chi connectivity index (χ0v) is 20.7. The van der Waals surface area contributed by atoms with Crippen LogP contribution in [-0.2, 0) is 0 Å². The van der Waals surface area contributed by atoms with E-state index in [9.17, 15) is 5.11 Å². The topological polar surface area (TPSA) is 20.2 Å². The van der Waals surface area contributed by atoms with E-state index in [4.69, 9.17) is 11.6 Å². The minimum Gasteiger partial charge on any atom is -0.389 e. The predicted octanol–water partition coefficient (Wildman–Crippen LogP) is 8.69. The van der Waals surface area contributed by atoms with Crippen LogP contribution in [0.25, 0.3) is 5.57 Å². The molecule has 1 aromatic carbocycles. The maximum absolute atomic E-state index is 9.39. The highest BCUT2D eigenvalue weighted by Crippen LogP contribution is 2.28. The summed E-state index contributed by atoms with van der Waals surface area (Å²) in [5.41, 5.74) is 5.74. The van der Waals surface area contributed by atoms with Crippen molar-refractivity contribution < 1.29 is 5.11 Å². The molecule has 1 atom stereocenters. The molecule has 1 unspecified atom stereocenters. The Bertz CT molecular complexity index is 716. The molecule has 0 radical (unpaired) electrons. The summed E-state index contributed by atoms with van der Waals surface area (Å²) in [4.78, 5) is 0. The van der Waals surface area contributed by atoms with Gasteiger partial charge in [0.05, 0.1) is 6.10 Å². The van der Waals surface area contributed by atoms with Gasteiger partial charge in [0.1, 0.15) is 0 Å². The number of aliphatic hydroxyl groups excluding tert-OH is 1. The highest BCUT2D eigenvalue weighted by molar-refractivity contribution is 6.20. The molecule has 30 heavy (non-hydrogen) atoms. The summed E-state index contributed by atoms with van der Waals surface area (Å²) in [7, 11) is 0. The molecule has 0 amide bonds. The number of halogens is 1. The van der Waals surface area contributed by atoms with E-state index in [1.165, 1.54) is 12.0 Å². The van der Waals surface area contributed by atoms with Crippen LogP contribution in [0.4, 0.5) is 0 Å². The molecule has 0 aliphatic heterocycles. The SMILES string of the molecule is C/C=C(\C=C/C(C)O)C(=C(\C)CCl)/c1ccccc1.C=C/C=C\C(C)=C/C.CCC. The van der Waals surface area contributed by atoms with Crippen LogP contribution in [0.3, 0.4) is 0 Å². The number of hydrogen-bond donors (Lipinski definition) is 1. The van der Waals surface area contributed by atoms with Gasteiger partial charge in [0.2, 0.25) is 0 Å². The van der Waals surface area contributed by atoms with Crippen LogP contribution in [0, 0.1) is 0 Å². The molecule has 0 bridgehead atoms. The Kier molecular flexibility index (Phi) is 20.3. The van der Waals surface area contributed by atoms with Crippen LogP contribution < -0.4 is 0 Å². The molecule has 166 valence electrons. The Hall–Kier alpha value is -2.09. The smallest absolute Gasteiger partial charge is 0.0696 e. The first-order valence-corrected chi connectivity index (χ1v) is 11.1. The average molecular weight is 429 g/mol. The average Bonchev–Trinajstić information content (AvgIpc) is 2.75. The number of alkyl halides is 1. The molecule has 0 heterocycles. The zero-order chi connectivity index (χ0) is 23.4. The largest absolute Gasteiger partial charge is 0.389 e. The van der Waals surface area contributed by atoms with Crippen molar-refractivity contribution in [1.29, 1.82) is 0 Å². The number of benzene rings is 1. The molecule has 0 saturated heterocycles. The predicted molar refractivity (Wildman–Crippen MR) is 139 cm³/mol. The summed E-state index contributed by atoms with van der Waals surface area (Å²) in [6.07, 6.45) is 14.3. The van der Waals surface area contributed by atoms with Crippen molar-refractivity contribution >= 4 is 17.2 Å². The van der Waals surface area contributed by atoms with E-state index in [1.807, 2.05) is 63.3 Å². The Morgan fingerprint density at radius 3 is 2.03 bits per heavy atom. The number of aliphatic hydroxyl groups is 1. The molecule has 2 heteroatoms. The first-order valence-electron chi connectivity index (χ1n) is 10.6. The molecular weight excluding hydrogens is 388 g/mol. The van der Waals surface area contributed by atoms with Gasteiger partial charge in [-0.25, -0.2) is 0 Å². The van der Waals surface area contributed by atoms with Crippen LogP contribution in [0.2, 0.25) is 0 Å². The molecule has 1 rings (SSSR count). The lowest BCUT2D eigenvalue weighted by atomic mass is 9.93. The van der Waals surface area contributed by atoms with Crippen molar-refractivity contribution in [2.45, 2.75) is 61.0 Å². The fraction of sp³-hybridized carbons (Fsp3) is 0.357. The van der Waals surface area contributed by atoms with Crippen molar-refractivity contribution in [3.63, 3.8) is 0 Å². The van der Waals surface area contributed by atoms with E-state index in [0.29, 0.717) is 5.88 Å². The van der Waals surface area contributed by atoms with E-state index < -0.39 is 6.10 Å². The molecule has 0 aromatic heterocycles. The van der Waals surface area contributed by atoms with E-state index in [0.717, 1.165) is 22.3 Å². The molecular formula is C28H41ClO. The van der Waals surface area contributed by atoms with Crippen molar-refractivity contribution in [3.8, 4) is 0 Å². The Morgan fingerprint density at radius 1 is 1.07 bits per heavy atom. The second-order valence-electron chi connectivity index (χ2n) is 6.83. The summed E-state index contributed by atoms with van der Waals surface area (Å²) in [6.45, 7) is 17.6. The van der Waals surface area contributed by atoms with Crippen molar-refractivity contribution in [1.82, 2.24) is 0 Å². The first-order chi connectivity index (χ1) is 14.3. The normalized spacial score (nSPS) is 13.8. The molecule has 1 nitrogen and oxygen atoms in total. The Balaban J connectivity index is 0. The van der Waals surface area contributed by atoms with Crippen molar-refractivity contribution in [2.75, 3.05) is 5.88 Å². The molecule has 0 fully saturated rings. The van der Waals surface area contributed by atoms with Gasteiger partial charge in [0.15, 0.2) is 0 Å². The number of hydrogen-bond acceptors (Lipinski definition) is 1. The van der Waals surface area contributed by atoms with E-state index in [-0.39, 0.29) is 0 Å². The van der Waals surface area contributed by atoms with Crippen LogP contribution >= 0.6 is 11.6 Å². The minimum atomic E-state index is -0.455. The van der Waals surface area contributed by atoms with Crippen LogP contribution in [-0.4, -0.2) is 17.1 Å². The molecule has 0 aliphatic carbocycles. The lowest BCUT2D eigenvalue weighted by Crippen LogP contribution is -1.96. The van der Waals surface area contributed by atoms with Gasteiger partial charge in [-0.15, -0.1) is 11.6 Å². The third-order valence-electron chi connectivity index (χ3n) is 3.79. The lowest BCUT2D eigenvalue weighted by molar-refractivity contribution is 0.244. The van der Waals surface area contributed by atoms with Gasteiger partial charge in [-0.05, 0) is 51.3 Å². The van der Waals surface area contributed by atoms with Crippen molar-refractivity contribution in [2.24, 2.45) is 0 Å². The molecule has 0 saturated carbocycles. The minimum absolute atomic E-state index is 0.455. The van der Waals surface area contributed by atoms with Crippen LogP contribution in [0.15, 0.2) is 96.2 Å². The second-order valence-corrected chi connectivity index (χ2v) is 7.10. The van der Waals surface area contributed by atoms with Gasteiger partial charge < -0.3 is 5.11 Å². The molecule has 0 spiro atoms. The molecule has 1 N–H and O–H groups in total. The molecule has 1 aromatic rings. The van der Waals surface area contributed by atoms with Gasteiger partial charge in [0, 0.05) is 5.88 Å². The Morgan fingerprint density at radius 2 is 1.63 bits per heavy atom. The number of allylic oxidation sites excluding steroid dienone is 10. The first kappa shape index (κ1) is 30.1. The second kappa shape index (κ2) is 20.2. The van der Waals surface area contributed by atoms with E-state index in [2.05, 4.69) is 45.6 Å². The van der Waals surface area contributed by atoms with Gasteiger partial charge >= 0.3 is 0 Å². The summed E-state index contributed by atoms with van der Waals surface area (Å²) >= 11 is 6.00. The zero-order valence-electron chi connectivity index (χ0n) is 20.0. The van der Waals surface area contributed by atoms with Crippen LogP contribution in [0.1, 0.15) is 60.5 Å². The summed E-state index contributed by atoms with van der Waals surface area (Å²) in [5, 5.41) is 9.39. The van der Waals surface area contributed by atoms with E-state index in [1.54, 1.807) is 19.1 Å².